The summed E-state index contributed by atoms with van der Waals surface area (Å²) in [5.74, 6) is -4.41. The van der Waals surface area contributed by atoms with Crippen LogP contribution in [0.15, 0.2) is 0 Å². The Morgan fingerprint density at radius 2 is 1.64 bits per heavy atom. The fraction of sp³-hybridized carbons (Fsp3) is 1.00. The monoisotopic (exact) mass is 208 g/mol. The third-order valence-corrected chi connectivity index (χ3v) is 2.81. The van der Waals surface area contributed by atoms with E-state index in [9.17, 15) is 25.5 Å². The number of epoxide rings is 1. The second-order valence-corrected chi connectivity index (χ2v) is 3.58. The molecule has 6 atom stereocenters. The standard InChI is InChI=1S/C7H12O7/c1-13-5-3(9)2(8)4(10)6(11)7(5,12)14-6/h2-5,8-12H,1H3/t2-,3+,4+,5+,6+,7+/m0/s1. The molecule has 1 heterocycles. The topological polar surface area (TPSA) is 123 Å². The van der Waals surface area contributed by atoms with Crippen LogP contribution in [0.25, 0.3) is 0 Å². The van der Waals surface area contributed by atoms with Crippen molar-refractivity contribution in [1.82, 2.24) is 0 Å². The molecular formula is C7H12O7. The molecule has 5 N–H and O–H groups in total. The average Bonchev–Trinajstić information content (AvgIpc) is 2.69. The van der Waals surface area contributed by atoms with Gasteiger partial charge >= 0.3 is 0 Å². The van der Waals surface area contributed by atoms with Gasteiger partial charge in [0.2, 0.25) is 0 Å². The van der Waals surface area contributed by atoms with Crippen LogP contribution in [-0.2, 0) is 9.47 Å². The van der Waals surface area contributed by atoms with Crippen molar-refractivity contribution in [2.75, 3.05) is 7.11 Å². The molecule has 0 aromatic heterocycles. The third-order valence-electron chi connectivity index (χ3n) is 2.81. The number of aliphatic hydroxyl groups is 5. The van der Waals surface area contributed by atoms with Crippen molar-refractivity contribution >= 4 is 0 Å². The highest BCUT2D eigenvalue weighted by Crippen LogP contribution is 2.54. The van der Waals surface area contributed by atoms with Crippen LogP contribution in [0.3, 0.4) is 0 Å². The van der Waals surface area contributed by atoms with E-state index in [4.69, 9.17) is 0 Å². The van der Waals surface area contributed by atoms with Crippen LogP contribution in [0.2, 0.25) is 0 Å². The zero-order valence-electron chi connectivity index (χ0n) is 7.36. The Morgan fingerprint density at radius 3 is 2.14 bits per heavy atom. The number of hydrogen-bond acceptors (Lipinski definition) is 7. The van der Waals surface area contributed by atoms with E-state index in [1.165, 1.54) is 7.11 Å². The minimum absolute atomic E-state index is 1.18. The van der Waals surface area contributed by atoms with Crippen LogP contribution >= 0.6 is 0 Å². The van der Waals surface area contributed by atoms with Crippen molar-refractivity contribution < 1.29 is 35.0 Å². The predicted molar refractivity (Wildman–Crippen MR) is 39.8 cm³/mol. The first-order valence-electron chi connectivity index (χ1n) is 4.10. The van der Waals surface area contributed by atoms with Gasteiger partial charge in [0, 0.05) is 7.11 Å². The van der Waals surface area contributed by atoms with E-state index < -0.39 is 36.0 Å². The molecule has 0 amide bonds. The Hall–Kier alpha value is -0.280. The van der Waals surface area contributed by atoms with E-state index >= 15 is 0 Å². The molecule has 82 valence electrons. The number of fused-ring (bicyclic) bond motifs is 1. The largest absolute Gasteiger partial charge is 0.387 e. The molecule has 1 aliphatic heterocycles. The average molecular weight is 208 g/mol. The van der Waals surface area contributed by atoms with Crippen molar-refractivity contribution in [3.8, 4) is 0 Å². The van der Waals surface area contributed by atoms with Gasteiger partial charge in [-0.2, -0.15) is 0 Å². The molecule has 1 saturated heterocycles. The molecule has 2 aliphatic rings. The second-order valence-electron chi connectivity index (χ2n) is 3.58. The van der Waals surface area contributed by atoms with Gasteiger partial charge in [-0.3, -0.25) is 0 Å². The summed E-state index contributed by atoms with van der Waals surface area (Å²) in [5.41, 5.74) is 0. The Bertz CT molecular complexity index is 258. The van der Waals surface area contributed by atoms with Crippen LogP contribution in [0.5, 0.6) is 0 Å². The smallest absolute Gasteiger partial charge is 0.256 e. The second kappa shape index (κ2) is 2.64. The lowest BCUT2D eigenvalue weighted by Crippen LogP contribution is -2.64. The molecule has 1 aliphatic carbocycles. The zero-order chi connectivity index (χ0) is 10.7. The molecule has 0 unspecified atom stereocenters. The summed E-state index contributed by atoms with van der Waals surface area (Å²) in [7, 11) is 1.18. The molecular weight excluding hydrogens is 196 g/mol. The molecule has 0 aromatic rings. The van der Waals surface area contributed by atoms with Gasteiger partial charge in [0.05, 0.1) is 0 Å². The van der Waals surface area contributed by atoms with Crippen LogP contribution in [-0.4, -0.2) is 68.6 Å². The summed E-state index contributed by atoms with van der Waals surface area (Å²) in [4.78, 5) is 0. The highest BCUT2D eigenvalue weighted by molar-refractivity contribution is 5.18. The Labute approximate surface area is 79.1 Å². The number of ether oxygens (including phenoxy) is 2. The fourth-order valence-corrected chi connectivity index (χ4v) is 1.87. The minimum Gasteiger partial charge on any atom is -0.387 e. The normalized spacial score (nSPS) is 62.1. The Morgan fingerprint density at radius 1 is 1.07 bits per heavy atom. The van der Waals surface area contributed by atoms with Gasteiger partial charge in [0.15, 0.2) is 0 Å². The number of rotatable bonds is 1. The van der Waals surface area contributed by atoms with E-state index in [-0.39, 0.29) is 0 Å². The van der Waals surface area contributed by atoms with Crippen molar-refractivity contribution in [2.45, 2.75) is 36.0 Å². The van der Waals surface area contributed by atoms with E-state index in [0.29, 0.717) is 0 Å². The van der Waals surface area contributed by atoms with Gasteiger partial charge in [-0.1, -0.05) is 0 Å². The highest BCUT2D eigenvalue weighted by atomic mass is 16.9. The first-order valence-corrected chi connectivity index (χ1v) is 4.10. The van der Waals surface area contributed by atoms with Gasteiger partial charge in [0.1, 0.15) is 24.4 Å². The molecule has 2 fully saturated rings. The highest BCUT2D eigenvalue weighted by Gasteiger charge is 2.83. The van der Waals surface area contributed by atoms with E-state index in [1.54, 1.807) is 0 Å². The summed E-state index contributed by atoms with van der Waals surface area (Å²) < 4.78 is 9.21. The Balaban J connectivity index is 2.32. The Kier molecular flexibility index (Phi) is 1.93. The molecule has 0 spiro atoms. The zero-order valence-corrected chi connectivity index (χ0v) is 7.36. The lowest BCUT2D eigenvalue weighted by atomic mass is 9.85. The summed E-state index contributed by atoms with van der Waals surface area (Å²) in [6.07, 6.45) is -6.23. The molecule has 2 rings (SSSR count). The first kappa shape index (κ1) is 10.2. The number of aliphatic hydroxyl groups excluding tert-OH is 3. The van der Waals surface area contributed by atoms with Crippen LogP contribution in [0.1, 0.15) is 0 Å². The molecule has 0 aromatic carbocycles. The predicted octanol–water partition coefficient (Wildman–Crippen LogP) is -3.49. The maximum atomic E-state index is 9.60. The SMILES string of the molecule is CO[C@@H]1[C@H](O)[C@H](O)[C@@H](O)[C@@]2(O)O[C@]12O. The van der Waals surface area contributed by atoms with Gasteiger partial charge in [-0.25, -0.2) is 0 Å². The molecule has 14 heavy (non-hydrogen) atoms. The van der Waals surface area contributed by atoms with Crippen LogP contribution in [0, 0.1) is 0 Å². The summed E-state index contributed by atoms with van der Waals surface area (Å²) in [6, 6.07) is 0. The van der Waals surface area contributed by atoms with Crippen molar-refractivity contribution in [2.24, 2.45) is 0 Å². The van der Waals surface area contributed by atoms with E-state index in [1.807, 2.05) is 0 Å². The van der Waals surface area contributed by atoms with Gasteiger partial charge in [-0.05, 0) is 0 Å². The van der Waals surface area contributed by atoms with Crippen molar-refractivity contribution in [1.29, 1.82) is 0 Å². The maximum absolute atomic E-state index is 9.60. The van der Waals surface area contributed by atoms with E-state index in [0.717, 1.165) is 0 Å². The lowest BCUT2D eigenvalue weighted by molar-refractivity contribution is -0.229. The van der Waals surface area contributed by atoms with Gasteiger partial charge in [0.25, 0.3) is 11.6 Å². The number of methoxy groups -OCH3 is 1. The first-order chi connectivity index (χ1) is 6.38. The fourth-order valence-electron chi connectivity index (χ4n) is 1.87. The third kappa shape index (κ3) is 0.898. The molecule has 0 radical (unpaired) electrons. The quantitative estimate of drug-likeness (QED) is 0.283. The van der Waals surface area contributed by atoms with Crippen molar-refractivity contribution in [3.05, 3.63) is 0 Å². The molecule has 7 nitrogen and oxygen atoms in total. The molecule has 7 heteroatoms. The van der Waals surface area contributed by atoms with E-state index in [2.05, 4.69) is 9.47 Å². The molecule has 0 bridgehead atoms. The van der Waals surface area contributed by atoms with Gasteiger partial charge < -0.3 is 35.0 Å². The van der Waals surface area contributed by atoms with Crippen LogP contribution in [0.4, 0.5) is 0 Å². The van der Waals surface area contributed by atoms with Crippen LogP contribution < -0.4 is 0 Å². The lowest BCUT2D eigenvalue weighted by Gasteiger charge is -2.36. The molecule has 1 saturated carbocycles. The summed E-state index contributed by atoms with van der Waals surface area (Å²) in [5, 5.41) is 47.1. The summed E-state index contributed by atoms with van der Waals surface area (Å²) >= 11 is 0. The minimum atomic E-state index is -2.26. The summed E-state index contributed by atoms with van der Waals surface area (Å²) in [6.45, 7) is 0. The van der Waals surface area contributed by atoms with Gasteiger partial charge in [-0.15, -0.1) is 0 Å². The number of hydrogen-bond donors (Lipinski definition) is 5. The maximum Gasteiger partial charge on any atom is 0.256 e. The van der Waals surface area contributed by atoms with Crippen molar-refractivity contribution in [3.63, 3.8) is 0 Å².